The smallest absolute Gasteiger partial charge is 0.336 e. The highest BCUT2D eigenvalue weighted by molar-refractivity contribution is 14.1. The molecule has 4 unspecified atom stereocenters. The zero-order chi connectivity index (χ0) is 19.9. The van der Waals surface area contributed by atoms with Crippen LogP contribution in [0.1, 0.15) is 10.4 Å². The van der Waals surface area contributed by atoms with Crippen molar-refractivity contribution in [3.63, 3.8) is 0 Å². The number of rotatable bonds is 6. The van der Waals surface area contributed by atoms with Crippen LogP contribution < -0.4 is 5.73 Å². The monoisotopic (exact) mass is 697 g/mol. The Hall–Kier alpha value is 0.440. The second-order valence-electron chi connectivity index (χ2n) is 4.74. The number of benzene rings is 1. The predicted molar refractivity (Wildman–Crippen MR) is 114 cm³/mol. The first-order chi connectivity index (χ1) is 11.5. The average molecular weight is 697 g/mol. The molecular weight excluding hydrogens is 679 g/mol. The Kier molecular flexibility index (Phi) is 12.2. The van der Waals surface area contributed by atoms with Gasteiger partial charge in [-0.1, -0.05) is 0 Å². The maximum atomic E-state index is 10.8. The molecule has 1 aromatic carbocycles. The predicted octanol–water partition coefficient (Wildman–Crippen LogP) is -0.805. The second-order valence-corrected chi connectivity index (χ2v) is 7.98. The van der Waals surface area contributed by atoms with Gasteiger partial charge in [0.2, 0.25) is 0 Å². The molecule has 0 fully saturated rings. The summed E-state index contributed by atoms with van der Waals surface area (Å²) in [6, 6.07) is 1.49. The zero-order valence-electron chi connectivity index (χ0n) is 12.6. The fraction of sp³-hybridized carbons (Fsp3) is 0.462. The fourth-order valence-corrected chi connectivity index (χ4v) is 3.65. The van der Waals surface area contributed by atoms with Gasteiger partial charge in [0.05, 0.1) is 22.3 Å². The Morgan fingerprint density at radius 2 is 1.32 bits per heavy atom. The molecule has 12 heteroatoms. The summed E-state index contributed by atoms with van der Waals surface area (Å²) in [4.78, 5) is 10.8. The van der Waals surface area contributed by atoms with Crippen LogP contribution in [0, 0.1) is 10.7 Å². The van der Waals surface area contributed by atoms with Crippen LogP contribution in [0.15, 0.2) is 6.07 Å². The van der Waals surface area contributed by atoms with E-state index in [2.05, 4.69) is 45.2 Å². The van der Waals surface area contributed by atoms with Crippen LogP contribution in [-0.2, 0) is 0 Å². The molecular formula is C13H18I3NO8. The third-order valence-electron chi connectivity index (χ3n) is 2.92. The van der Waals surface area contributed by atoms with E-state index in [1.165, 1.54) is 6.07 Å². The van der Waals surface area contributed by atoms with Gasteiger partial charge in [0.15, 0.2) is 0 Å². The van der Waals surface area contributed by atoms with Crippen molar-refractivity contribution in [2.45, 2.75) is 24.4 Å². The molecule has 0 bridgehead atoms. The Morgan fingerprint density at radius 1 is 0.920 bits per heavy atom. The summed E-state index contributed by atoms with van der Waals surface area (Å²) >= 11 is 6.21. The van der Waals surface area contributed by atoms with Crippen LogP contribution >= 0.6 is 67.8 Å². The third-order valence-corrected chi connectivity index (χ3v) is 8.34. The van der Waals surface area contributed by atoms with Gasteiger partial charge < -0.3 is 41.5 Å². The van der Waals surface area contributed by atoms with E-state index >= 15 is 0 Å². The number of aliphatic hydroxyl groups excluding tert-OH is 6. The van der Waals surface area contributed by atoms with Gasteiger partial charge in [-0.2, -0.15) is 0 Å². The van der Waals surface area contributed by atoms with Crippen molar-refractivity contribution in [2.75, 3.05) is 18.9 Å². The average Bonchev–Trinajstić information content (AvgIpc) is 2.60. The summed E-state index contributed by atoms with van der Waals surface area (Å²) in [5, 5.41) is 61.0. The number of aliphatic hydroxyl groups is 6. The summed E-state index contributed by atoms with van der Waals surface area (Å²) in [5.74, 6) is -0.939. The van der Waals surface area contributed by atoms with E-state index in [-0.39, 0.29) is 5.56 Å². The van der Waals surface area contributed by atoms with Gasteiger partial charge in [0, 0.05) is 12.8 Å². The van der Waals surface area contributed by atoms with Crippen LogP contribution in [0.3, 0.4) is 0 Å². The highest BCUT2D eigenvalue weighted by Gasteiger charge is 2.29. The highest BCUT2D eigenvalue weighted by atomic mass is 127. The molecule has 0 radical (unpaired) electrons. The standard InChI is InChI=1S/C7H4I3NO2.C6H14O6/c8-4-2(7(12)13)1-3(11)5(9)6(4)10;7-1-3(9)5(11)6(12)4(10)2-8/h1H,11H2,(H,12,13);3-12H,1-2H2. The molecule has 4 atom stereocenters. The largest absolute Gasteiger partial charge is 0.478 e. The molecule has 0 saturated carbocycles. The van der Waals surface area contributed by atoms with Crippen LogP contribution in [0.4, 0.5) is 5.69 Å². The van der Waals surface area contributed by atoms with Crippen molar-refractivity contribution >= 4 is 79.4 Å². The van der Waals surface area contributed by atoms with Gasteiger partial charge in [-0.3, -0.25) is 0 Å². The molecule has 1 aromatic rings. The van der Waals surface area contributed by atoms with Crippen molar-refractivity contribution in [1.29, 1.82) is 0 Å². The van der Waals surface area contributed by atoms with Crippen LogP contribution in [0.25, 0.3) is 0 Å². The Balaban J connectivity index is 0.000000463. The van der Waals surface area contributed by atoms with E-state index in [4.69, 9.17) is 41.5 Å². The van der Waals surface area contributed by atoms with Crippen molar-refractivity contribution in [3.05, 3.63) is 22.3 Å². The summed E-state index contributed by atoms with van der Waals surface area (Å²) in [7, 11) is 0. The molecule has 0 aliphatic heterocycles. The van der Waals surface area contributed by atoms with Crippen LogP contribution in [0.5, 0.6) is 0 Å². The lowest BCUT2D eigenvalue weighted by Crippen LogP contribution is -2.46. The number of aromatic carboxylic acids is 1. The van der Waals surface area contributed by atoms with E-state index in [0.29, 0.717) is 5.69 Å². The number of halogens is 3. The lowest BCUT2D eigenvalue weighted by molar-refractivity contribution is -0.123. The van der Waals surface area contributed by atoms with Crippen molar-refractivity contribution in [3.8, 4) is 0 Å². The van der Waals surface area contributed by atoms with Gasteiger partial charge >= 0.3 is 5.97 Å². The molecule has 0 heterocycles. The molecule has 0 aromatic heterocycles. The minimum atomic E-state index is -1.67. The molecule has 25 heavy (non-hydrogen) atoms. The van der Waals surface area contributed by atoms with E-state index in [9.17, 15) is 4.79 Å². The van der Waals surface area contributed by atoms with E-state index < -0.39 is 43.6 Å². The number of hydrogen-bond donors (Lipinski definition) is 8. The van der Waals surface area contributed by atoms with Crippen molar-refractivity contribution in [2.24, 2.45) is 0 Å². The summed E-state index contributed by atoms with van der Waals surface area (Å²) < 4.78 is 2.55. The second kappa shape index (κ2) is 12.0. The lowest BCUT2D eigenvalue weighted by Gasteiger charge is -2.24. The normalized spacial score (nSPS) is 15.6. The molecule has 144 valence electrons. The number of nitrogen functional groups attached to an aromatic ring is 1. The molecule has 0 aliphatic rings. The lowest BCUT2D eigenvalue weighted by atomic mass is 10.0. The van der Waals surface area contributed by atoms with Crippen molar-refractivity contribution < 1.29 is 40.5 Å². The first-order valence-electron chi connectivity index (χ1n) is 6.59. The van der Waals surface area contributed by atoms with E-state index in [1.54, 1.807) is 0 Å². The number of anilines is 1. The highest BCUT2D eigenvalue weighted by Crippen LogP contribution is 2.29. The van der Waals surface area contributed by atoms with Gasteiger partial charge in [-0.25, -0.2) is 4.79 Å². The third kappa shape index (κ3) is 7.53. The quantitative estimate of drug-likeness (QED) is 0.107. The molecule has 9 nitrogen and oxygen atoms in total. The summed E-state index contributed by atoms with van der Waals surface area (Å²) in [6.45, 7) is -1.45. The minimum absolute atomic E-state index is 0.267. The summed E-state index contributed by atoms with van der Waals surface area (Å²) in [5.41, 5.74) is 6.43. The number of carbonyl (C=O) groups is 1. The first-order valence-corrected chi connectivity index (χ1v) is 9.83. The molecule has 0 saturated heterocycles. The maximum Gasteiger partial charge on any atom is 0.336 e. The molecule has 0 spiro atoms. The van der Waals surface area contributed by atoms with Crippen LogP contribution in [0.2, 0.25) is 0 Å². The summed E-state index contributed by atoms with van der Waals surface area (Å²) in [6.07, 6.45) is -6.39. The van der Waals surface area contributed by atoms with Gasteiger partial charge in [0.25, 0.3) is 0 Å². The van der Waals surface area contributed by atoms with Crippen LogP contribution in [-0.4, -0.2) is 79.3 Å². The number of nitrogens with two attached hydrogens (primary N) is 1. The Morgan fingerprint density at radius 3 is 1.64 bits per heavy atom. The molecule has 0 amide bonds. The van der Waals surface area contributed by atoms with Gasteiger partial charge in [-0.15, -0.1) is 0 Å². The number of carboxylic acids is 1. The Labute approximate surface area is 184 Å². The maximum absolute atomic E-state index is 10.8. The molecule has 9 N–H and O–H groups in total. The Bertz CT molecular complexity index is 575. The molecule has 0 aliphatic carbocycles. The van der Waals surface area contributed by atoms with Gasteiger partial charge in [-0.05, 0) is 73.8 Å². The SMILES string of the molecule is Nc1cc(C(=O)O)c(I)c(I)c1I.OCC(O)C(O)C(O)C(O)CO. The minimum Gasteiger partial charge on any atom is -0.478 e. The molecule has 1 rings (SSSR count). The van der Waals surface area contributed by atoms with E-state index in [0.717, 1.165) is 10.7 Å². The zero-order valence-corrected chi connectivity index (χ0v) is 19.0. The first kappa shape index (κ1) is 25.4. The van der Waals surface area contributed by atoms with E-state index in [1.807, 2.05) is 22.6 Å². The number of carboxylic acid groups (broad SMARTS) is 1. The fourth-order valence-electron chi connectivity index (χ4n) is 1.45. The van der Waals surface area contributed by atoms with Crippen molar-refractivity contribution in [1.82, 2.24) is 0 Å². The topological polar surface area (TPSA) is 185 Å². The number of hydrogen-bond acceptors (Lipinski definition) is 8. The van der Waals surface area contributed by atoms with Gasteiger partial charge in [0.1, 0.15) is 24.4 Å².